The summed E-state index contributed by atoms with van der Waals surface area (Å²) in [5, 5.41) is 7.72. The van der Waals surface area contributed by atoms with Crippen LogP contribution in [0.3, 0.4) is 0 Å². The molecule has 0 radical (unpaired) electrons. The summed E-state index contributed by atoms with van der Waals surface area (Å²) in [4.78, 5) is 8.52. The highest BCUT2D eigenvalue weighted by molar-refractivity contribution is 6.29. The number of anilines is 1. The zero-order chi connectivity index (χ0) is 14.7. The van der Waals surface area contributed by atoms with E-state index in [1.807, 2.05) is 0 Å². The molecule has 0 aromatic carbocycles. The molecule has 2 aromatic rings. The Morgan fingerprint density at radius 3 is 3.00 bits per heavy atom. The van der Waals surface area contributed by atoms with Crippen molar-refractivity contribution in [3.63, 3.8) is 0 Å². The molecule has 0 amide bonds. The van der Waals surface area contributed by atoms with Crippen LogP contribution in [0.5, 0.6) is 0 Å². The van der Waals surface area contributed by atoms with Crippen LogP contribution in [0.4, 0.5) is 10.2 Å². The molecule has 2 aromatic heterocycles. The minimum absolute atomic E-state index is 0.325. The molecular formula is C14H15ClFN5. The quantitative estimate of drug-likeness (QED) is 0.695. The summed E-state index contributed by atoms with van der Waals surface area (Å²) in [5.41, 5.74) is 0.338. The second kappa shape index (κ2) is 6.22. The maximum atomic E-state index is 12.6. The summed E-state index contributed by atoms with van der Waals surface area (Å²) in [6.45, 7) is -0.618. The number of halogens is 2. The lowest BCUT2D eigenvalue weighted by Crippen LogP contribution is -2.21. The van der Waals surface area contributed by atoms with E-state index in [0.717, 1.165) is 19.3 Å². The molecule has 0 spiro atoms. The Balaban J connectivity index is 1.83. The Hall–Kier alpha value is -1.95. The molecule has 1 aliphatic rings. The molecule has 0 saturated heterocycles. The van der Waals surface area contributed by atoms with Crippen LogP contribution in [0, 0.1) is 0 Å². The van der Waals surface area contributed by atoms with Gasteiger partial charge < -0.3 is 5.32 Å². The molecule has 1 N–H and O–H groups in total. The highest BCUT2D eigenvalue weighted by atomic mass is 35.5. The van der Waals surface area contributed by atoms with Gasteiger partial charge in [-0.05, 0) is 25.3 Å². The molecule has 110 valence electrons. The summed E-state index contributed by atoms with van der Waals surface area (Å²) in [5.74, 6) is 0.985. The fourth-order valence-electron chi connectivity index (χ4n) is 2.26. The van der Waals surface area contributed by atoms with E-state index in [-0.39, 0.29) is 0 Å². The van der Waals surface area contributed by atoms with Gasteiger partial charge in [-0.15, -0.1) is 0 Å². The van der Waals surface area contributed by atoms with Gasteiger partial charge in [0.2, 0.25) is 0 Å². The highest BCUT2D eigenvalue weighted by Crippen LogP contribution is 2.19. The number of aromatic nitrogens is 4. The van der Waals surface area contributed by atoms with Crippen molar-refractivity contribution in [1.82, 2.24) is 19.7 Å². The van der Waals surface area contributed by atoms with Crippen LogP contribution in [-0.2, 0) is 6.67 Å². The lowest BCUT2D eigenvalue weighted by Gasteiger charge is -2.20. The van der Waals surface area contributed by atoms with Crippen LogP contribution in [-0.4, -0.2) is 25.8 Å². The van der Waals surface area contributed by atoms with Crippen molar-refractivity contribution in [3.8, 4) is 5.95 Å². The number of nitrogens with one attached hydrogen (secondary N) is 1. The van der Waals surface area contributed by atoms with E-state index in [4.69, 9.17) is 11.6 Å². The van der Waals surface area contributed by atoms with Crippen LogP contribution < -0.4 is 5.32 Å². The number of allylic oxidation sites excluding steroid dienone is 1. The fourth-order valence-corrected chi connectivity index (χ4v) is 2.44. The zero-order valence-electron chi connectivity index (χ0n) is 11.3. The first-order valence-corrected chi connectivity index (χ1v) is 7.19. The van der Waals surface area contributed by atoms with Crippen molar-refractivity contribution in [2.45, 2.75) is 32.0 Å². The van der Waals surface area contributed by atoms with E-state index in [9.17, 15) is 4.39 Å². The van der Waals surface area contributed by atoms with Gasteiger partial charge >= 0.3 is 0 Å². The Morgan fingerprint density at radius 1 is 1.38 bits per heavy atom. The third kappa shape index (κ3) is 3.39. The average Bonchev–Trinajstić information content (AvgIpc) is 2.97. The topological polar surface area (TPSA) is 55.6 Å². The van der Waals surface area contributed by atoms with Gasteiger partial charge in [-0.2, -0.15) is 15.1 Å². The minimum Gasteiger partial charge on any atom is -0.367 e. The van der Waals surface area contributed by atoms with Crippen LogP contribution in [0.1, 0.15) is 25.0 Å². The van der Waals surface area contributed by atoms with E-state index in [1.165, 1.54) is 4.68 Å². The van der Waals surface area contributed by atoms with Crippen molar-refractivity contribution in [3.05, 3.63) is 41.3 Å². The van der Waals surface area contributed by atoms with Gasteiger partial charge in [0.25, 0.3) is 5.95 Å². The maximum absolute atomic E-state index is 12.6. The first-order chi connectivity index (χ1) is 10.2. The van der Waals surface area contributed by atoms with Crippen molar-refractivity contribution in [2.75, 3.05) is 5.32 Å². The van der Waals surface area contributed by atoms with E-state index < -0.39 is 6.67 Å². The van der Waals surface area contributed by atoms with Gasteiger partial charge in [-0.1, -0.05) is 23.8 Å². The summed E-state index contributed by atoms with van der Waals surface area (Å²) in [7, 11) is 0. The Morgan fingerprint density at radius 2 is 2.29 bits per heavy atom. The number of rotatable bonds is 4. The third-order valence-electron chi connectivity index (χ3n) is 3.29. The summed E-state index contributed by atoms with van der Waals surface area (Å²) >= 11 is 6.04. The number of hydrogen-bond donors (Lipinski definition) is 1. The largest absolute Gasteiger partial charge is 0.367 e. The van der Waals surface area contributed by atoms with Crippen LogP contribution >= 0.6 is 11.6 Å². The monoisotopic (exact) mass is 307 g/mol. The smallest absolute Gasteiger partial charge is 0.253 e. The van der Waals surface area contributed by atoms with E-state index in [1.54, 1.807) is 18.3 Å². The molecule has 0 fully saturated rings. The molecule has 21 heavy (non-hydrogen) atoms. The molecule has 3 rings (SSSR count). The summed E-state index contributed by atoms with van der Waals surface area (Å²) in [6.07, 6.45) is 9.03. The highest BCUT2D eigenvalue weighted by Gasteiger charge is 2.12. The lowest BCUT2D eigenvalue weighted by molar-refractivity contribution is 0.473. The zero-order valence-corrected chi connectivity index (χ0v) is 12.1. The minimum atomic E-state index is -0.618. The molecule has 7 heteroatoms. The number of nitrogens with zero attached hydrogens (tertiary/aromatic N) is 4. The van der Waals surface area contributed by atoms with Gasteiger partial charge in [0.1, 0.15) is 17.6 Å². The Labute approximate surface area is 126 Å². The normalized spacial score (nSPS) is 17.9. The molecule has 0 bridgehead atoms. The summed E-state index contributed by atoms with van der Waals surface area (Å²) in [6, 6.07) is 3.61. The van der Waals surface area contributed by atoms with Crippen molar-refractivity contribution in [2.24, 2.45) is 0 Å². The number of alkyl halides is 1. The van der Waals surface area contributed by atoms with E-state index in [2.05, 4.69) is 32.5 Å². The second-order valence-electron chi connectivity index (χ2n) is 4.89. The summed E-state index contributed by atoms with van der Waals surface area (Å²) < 4.78 is 14.0. The molecule has 1 unspecified atom stereocenters. The van der Waals surface area contributed by atoms with Crippen molar-refractivity contribution >= 4 is 17.4 Å². The standard InChI is InChI=1S/C14H15ClFN5/c15-12-8-13(17-10-4-2-1-3-5-10)19-14(18-12)21-7-6-11(9-16)20-21/h1-2,6-8,10H,3-5,9H2,(H,17,18,19). The SMILES string of the molecule is FCc1ccn(-c2nc(Cl)cc(NC3CC=CCC3)n2)n1. The first-order valence-electron chi connectivity index (χ1n) is 6.81. The Bertz CT molecular complexity index is 655. The van der Waals surface area contributed by atoms with Gasteiger partial charge in [-0.25, -0.2) is 9.07 Å². The van der Waals surface area contributed by atoms with Gasteiger partial charge in [0, 0.05) is 18.3 Å². The molecule has 1 aliphatic carbocycles. The molecule has 0 saturated carbocycles. The van der Waals surface area contributed by atoms with E-state index in [0.29, 0.717) is 28.7 Å². The second-order valence-corrected chi connectivity index (χ2v) is 5.27. The van der Waals surface area contributed by atoms with E-state index >= 15 is 0 Å². The van der Waals surface area contributed by atoms with Crippen LogP contribution in [0.15, 0.2) is 30.5 Å². The molecule has 2 heterocycles. The maximum Gasteiger partial charge on any atom is 0.253 e. The Kier molecular flexibility index (Phi) is 4.15. The fraction of sp³-hybridized carbons (Fsp3) is 0.357. The molecule has 1 atom stereocenters. The van der Waals surface area contributed by atoms with Crippen LogP contribution in [0.2, 0.25) is 5.15 Å². The molecule has 0 aliphatic heterocycles. The van der Waals surface area contributed by atoms with Crippen molar-refractivity contribution in [1.29, 1.82) is 0 Å². The third-order valence-corrected chi connectivity index (χ3v) is 3.48. The first kappa shape index (κ1) is 14.0. The average molecular weight is 308 g/mol. The van der Waals surface area contributed by atoms with Gasteiger partial charge in [0.05, 0.1) is 5.69 Å². The predicted molar refractivity (Wildman–Crippen MR) is 79.4 cm³/mol. The number of hydrogen-bond acceptors (Lipinski definition) is 4. The van der Waals surface area contributed by atoms with Gasteiger partial charge in [0.15, 0.2) is 0 Å². The predicted octanol–water partition coefficient (Wildman–Crippen LogP) is 3.31. The molecular weight excluding hydrogens is 293 g/mol. The van der Waals surface area contributed by atoms with Gasteiger partial charge in [-0.3, -0.25) is 0 Å². The molecule has 5 nitrogen and oxygen atoms in total. The van der Waals surface area contributed by atoms with Crippen molar-refractivity contribution < 1.29 is 4.39 Å². The van der Waals surface area contributed by atoms with Crippen LogP contribution in [0.25, 0.3) is 5.95 Å². The lowest BCUT2D eigenvalue weighted by atomic mass is 10.0.